The lowest BCUT2D eigenvalue weighted by Gasteiger charge is -2.34. The summed E-state index contributed by atoms with van der Waals surface area (Å²) in [5.74, 6) is 2.87. The summed E-state index contributed by atoms with van der Waals surface area (Å²) in [7, 11) is 1.80. The van der Waals surface area contributed by atoms with Crippen molar-refractivity contribution in [1.29, 1.82) is 0 Å². The summed E-state index contributed by atoms with van der Waals surface area (Å²) in [5.41, 5.74) is 0. The van der Waals surface area contributed by atoms with Gasteiger partial charge in [-0.25, -0.2) is 0 Å². The highest BCUT2D eigenvalue weighted by atomic mass is 35.5. The molecule has 0 saturated heterocycles. The van der Waals surface area contributed by atoms with Crippen molar-refractivity contribution in [2.24, 2.45) is 24.8 Å². The van der Waals surface area contributed by atoms with Gasteiger partial charge < -0.3 is 0 Å². The van der Waals surface area contributed by atoms with Crippen molar-refractivity contribution in [3.8, 4) is 0 Å². The fourth-order valence-electron chi connectivity index (χ4n) is 2.72. The van der Waals surface area contributed by atoms with Gasteiger partial charge in [0.25, 0.3) is 0 Å². The van der Waals surface area contributed by atoms with Gasteiger partial charge in [-0.15, -0.1) is 21.8 Å². The molecule has 5 heteroatoms. The first-order chi connectivity index (χ1) is 8.06. The van der Waals surface area contributed by atoms with Gasteiger partial charge in [-0.2, -0.15) is 4.80 Å². The average molecular weight is 257 g/mol. The molecule has 1 aliphatic carbocycles. The third-order valence-corrected chi connectivity index (χ3v) is 4.44. The monoisotopic (exact) mass is 256 g/mol. The first-order valence-electron chi connectivity index (χ1n) is 6.43. The first kappa shape index (κ1) is 12.8. The van der Waals surface area contributed by atoms with Crippen molar-refractivity contribution in [3.63, 3.8) is 0 Å². The zero-order valence-corrected chi connectivity index (χ0v) is 11.6. The maximum absolute atomic E-state index is 6.43. The lowest BCUT2D eigenvalue weighted by atomic mass is 9.75. The van der Waals surface area contributed by atoms with Crippen LogP contribution in [-0.4, -0.2) is 25.6 Å². The smallest absolute Gasteiger partial charge is 0.167 e. The van der Waals surface area contributed by atoms with Gasteiger partial charge in [-0.1, -0.05) is 13.8 Å². The number of rotatable bonds is 3. The Balaban J connectivity index is 1.98. The van der Waals surface area contributed by atoms with Crippen molar-refractivity contribution in [2.75, 3.05) is 0 Å². The molecule has 1 aromatic heterocycles. The third kappa shape index (κ3) is 3.18. The molecule has 4 nitrogen and oxygen atoms in total. The lowest BCUT2D eigenvalue weighted by molar-refractivity contribution is 0.216. The zero-order valence-electron chi connectivity index (χ0n) is 10.8. The minimum atomic E-state index is 0.272. The van der Waals surface area contributed by atoms with Crippen LogP contribution in [0.2, 0.25) is 0 Å². The Morgan fingerprint density at radius 3 is 2.76 bits per heavy atom. The normalized spacial score (nSPS) is 29.8. The summed E-state index contributed by atoms with van der Waals surface area (Å²) in [6.45, 7) is 4.60. The summed E-state index contributed by atoms with van der Waals surface area (Å²) < 4.78 is 0. The molecule has 3 unspecified atom stereocenters. The van der Waals surface area contributed by atoms with Crippen molar-refractivity contribution in [3.05, 3.63) is 5.82 Å². The molecule has 1 saturated carbocycles. The molecule has 0 bridgehead atoms. The minimum absolute atomic E-state index is 0.272. The second-order valence-corrected chi connectivity index (χ2v) is 6.05. The van der Waals surface area contributed by atoms with Crippen LogP contribution in [0.25, 0.3) is 0 Å². The van der Waals surface area contributed by atoms with Crippen LogP contribution in [0.5, 0.6) is 0 Å². The molecule has 0 N–H and O–H groups in total. The van der Waals surface area contributed by atoms with Gasteiger partial charge in [0.1, 0.15) is 0 Å². The van der Waals surface area contributed by atoms with E-state index < -0.39 is 0 Å². The Kier molecular flexibility index (Phi) is 4.02. The fourth-order valence-corrected chi connectivity index (χ4v) is 3.04. The van der Waals surface area contributed by atoms with E-state index >= 15 is 0 Å². The Morgan fingerprint density at radius 1 is 1.41 bits per heavy atom. The van der Waals surface area contributed by atoms with E-state index in [0.29, 0.717) is 5.92 Å². The van der Waals surface area contributed by atoms with Gasteiger partial charge in [0, 0.05) is 11.8 Å². The van der Waals surface area contributed by atoms with Crippen LogP contribution >= 0.6 is 11.6 Å². The molecule has 96 valence electrons. The van der Waals surface area contributed by atoms with Crippen molar-refractivity contribution >= 4 is 11.6 Å². The van der Waals surface area contributed by atoms with Gasteiger partial charge >= 0.3 is 0 Å². The predicted molar refractivity (Wildman–Crippen MR) is 67.8 cm³/mol. The Morgan fingerprint density at radius 2 is 2.18 bits per heavy atom. The summed E-state index contributed by atoms with van der Waals surface area (Å²) in [4.78, 5) is 1.52. The summed E-state index contributed by atoms with van der Waals surface area (Å²) >= 11 is 6.43. The minimum Gasteiger partial charge on any atom is -0.167 e. The standard InChI is InChI=1S/C12H21ClN4/c1-8(2)9-4-5-11(13)10(6-9)7-12-14-16-17(3)15-12/h8-11H,4-7H2,1-3H3. The van der Waals surface area contributed by atoms with Crippen LogP contribution in [-0.2, 0) is 13.5 Å². The second-order valence-electron chi connectivity index (χ2n) is 5.49. The Hall–Kier alpha value is -0.640. The number of halogens is 1. The number of hydrogen-bond acceptors (Lipinski definition) is 3. The Labute approximate surface area is 108 Å². The van der Waals surface area contributed by atoms with Gasteiger partial charge in [0.15, 0.2) is 5.82 Å². The van der Waals surface area contributed by atoms with Crippen LogP contribution in [0.15, 0.2) is 0 Å². The van der Waals surface area contributed by atoms with Gasteiger partial charge in [0.05, 0.1) is 7.05 Å². The molecule has 17 heavy (non-hydrogen) atoms. The van der Waals surface area contributed by atoms with E-state index in [2.05, 4.69) is 29.3 Å². The first-order valence-corrected chi connectivity index (χ1v) is 6.87. The topological polar surface area (TPSA) is 43.6 Å². The van der Waals surface area contributed by atoms with Crippen molar-refractivity contribution in [1.82, 2.24) is 20.2 Å². The van der Waals surface area contributed by atoms with E-state index in [1.807, 2.05) is 0 Å². The molecular weight excluding hydrogens is 236 g/mol. The molecule has 1 aliphatic rings. The molecular formula is C12H21ClN4. The number of alkyl halides is 1. The van der Waals surface area contributed by atoms with E-state index in [-0.39, 0.29) is 5.38 Å². The molecule has 0 aliphatic heterocycles. The molecule has 1 heterocycles. The SMILES string of the molecule is CC(C)C1CCC(Cl)C(Cc2nnn(C)n2)C1. The number of aryl methyl sites for hydroxylation is 1. The van der Waals surface area contributed by atoms with E-state index in [4.69, 9.17) is 11.6 Å². The van der Waals surface area contributed by atoms with E-state index in [1.54, 1.807) is 7.05 Å². The molecule has 0 spiro atoms. The van der Waals surface area contributed by atoms with Crippen LogP contribution in [0.1, 0.15) is 38.9 Å². The third-order valence-electron chi connectivity index (χ3n) is 3.87. The van der Waals surface area contributed by atoms with E-state index in [9.17, 15) is 0 Å². The van der Waals surface area contributed by atoms with Gasteiger partial charge in [-0.3, -0.25) is 0 Å². The number of hydrogen-bond donors (Lipinski definition) is 0. The predicted octanol–water partition coefficient (Wildman–Crippen LogP) is 2.43. The summed E-state index contributed by atoms with van der Waals surface area (Å²) in [6, 6.07) is 0. The highest BCUT2D eigenvalue weighted by molar-refractivity contribution is 6.20. The lowest BCUT2D eigenvalue weighted by Crippen LogP contribution is -2.29. The highest BCUT2D eigenvalue weighted by Gasteiger charge is 2.31. The molecule has 1 fully saturated rings. The number of tetrazole rings is 1. The molecule has 0 radical (unpaired) electrons. The van der Waals surface area contributed by atoms with E-state index in [0.717, 1.165) is 30.5 Å². The number of aromatic nitrogens is 4. The highest BCUT2D eigenvalue weighted by Crippen LogP contribution is 2.37. The fraction of sp³-hybridized carbons (Fsp3) is 0.917. The molecule has 2 rings (SSSR count). The summed E-state index contributed by atoms with van der Waals surface area (Å²) in [6.07, 6.45) is 4.45. The van der Waals surface area contributed by atoms with Crippen LogP contribution in [0.4, 0.5) is 0 Å². The molecule has 0 aromatic carbocycles. The zero-order chi connectivity index (χ0) is 12.4. The Bertz CT molecular complexity index is 363. The maximum atomic E-state index is 6.43. The van der Waals surface area contributed by atoms with Crippen LogP contribution in [0.3, 0.4) is 0 Å². The summed E-state index contributed by atoms with van der Waals surface area (Å²) in [5, 5.41) is 12.4. The molecule has 1 aromatic rings. The van der Waals surface area contributed by atoms with Gasteiger partial charge in [-0.05, 0) is 42.2 Å². The average Bonchev–Trinajstić information content (AvgIpc) is 2.67. The molecule has 0 amide bonds. The van der Waals surface area contributed by atoms with Crippen LogP contribution < -0.4 is 0 Å². The van der Waals surface area contributed by atoms with Crippen molar-refractivity contribution < 1.29 is 0 Å². The van der Waals surface area contributed by atoms with Crippen LogP contribution in [0, 0.1) is 17.8 Å². The quantitative estimate of drug-likeness (QED) is 0.781. The van der Waals surface area contributed by atoms with Crippen molar-refractivity contribution in [2.45, 2.75) is 44.9 Å². The molecule has 3 atom stereocenters. The van der Waals surface area contributed by atoms with Gasteiger partial charge in [0.2, 0.25) is 0 Å². The largest absolute Gasteiger partial charge is 0.175 e. The second kappa shape index (κ2) is 5.34. The number of nitrogens with zero attached hydrogens (tertiary/aromatic N) is 4. The maximum Gasteiger partial charge on any atom is 0.175 e. The van der Waals surface area contributed by atoms with E-state index in [1.165, 1.54) is 17.6 Å².